The molecule has 0 aromatic carbocycles. The van der Waals surface area contributed by atoms with Gasteiger partial charge in [-0.15, -0.1) is 0 Å². The van der Waals surface area contributed by atoms with Crippen LogP contribution in [0, 0.1) is 0 Å². The number of anilines is 1. The largest absolute Gasteiger partial charge is 0.389 e. The lowest BCUT2D eigenvalue weighted by Gasteiger charge is -2.36. The van der Waals surface area contributed by atoms with Crippen LogP contribution in [0.4, 0.5) is 5.82 Å². The van der Waals surface area contributed by atoms with E-state index in [1.54, 1.807) is 6.20 Å². The molecular weight excluding hydrogens is 178 g/mol. The van der Waals surface area contributed by atoms with E-state index in [1.165, 1.54) is 6.20 Å². The Balaban J connectivity index is 2.09. The first-order chi connectivity index (χ1) is 5.75. The molecule has 1 N–H and O–H groups in total. The Morgan fingerprint density at radius 2 is 2.17 bits per heavy atom. The second kappa shape index (κ2) is 2.88. The third kappa shape index (κ3) is 1.35. The number of aromatic nitrogens is 2. The summed E-state index contributed by atoms with van der Waals surface area (Å²) in [5, 5.41) is 9.41. The van der Waals surface area contributed by atoms with Gasteiger partial charge in [0.15, 0.2) is 0 Å². The second-order valence-electron chi connectivity index (χ2n) is 2.76. The zero-order valence-electron chi connectivity index (χ0n) is 6.31. The van der Waals surface area contributed by atoms with Gasteiger partial charge in [-0.3, -0.25) is 0 Å². The molecule has 0 spiro atoms. The maximum atomic E-state index is 9.02. The SMILES string of the molecule is OC1CN(c2cnc(Cl)cn2)C1. The van der Waals surface area contributed by atoms with Crippen LogP contribution in [0.15, 0.2) is 12.4 Å². The maximum absolute atomic E-state index is 9.02. The molecule has 1 fully saturated rings. The fraction of sp³-hybridized carbons (Fsp3) is 0.429. The highest BCUT2D eigenvalue weighted by molar-refractivity contribution is 6.29. The van der Waals surface area contributed by atoms with Crippen LogP contribution >= 0.6 is 11.6 Å². The lowest BCUT2D eigenvalue weighted by Crippen LogP contribution is -2.51. The molecule has 0 radical (unpaired) electrons. The molecule has 0 atom stereocenters. The molecule has 1 aliphatic heterocycles. The van der Waals surface area contributed by atoms with E-state index in [1.807, 2.05) is 4.90 Å². The van der Waals surface area contributed by atoms with E-state index >= 15 is 0 Å². The Kier molecular flexibility index (Phi) is 1.86. The molecule has 1 aromatic heterocycles. The minimum atomic E-state index is -0.220. The summed E-state index contributed by atoms with van der Waals surface area (Å²) in [7, 11) is 0. The van der Waals surface area contributed by atoms with E-state index in [9.17, 15) is 0 Å². The average Bonchev–Trinajstić information content (AvgIpc) is 2.01. The number of hydrogen-bond acceptors (Lipinski definition) is 4. The molecular formula is C7H8ClN3O. The first-order valence-corrected chi connectivity index (χ1v) is 4.04. The number of hydrogen-bond donors (Lipinski definition) is 1. The van der Waals surface area contributed by atoms with Crippen molar-refractivity contribution < 1.29 is 5.11 Å². The molecule has 4 nitrogen and oxygen atoms in total. The van der Waals surface area contributed by atoms with Crippen molar-refractivity contribution in [3.8, 4) is 0 Å². The molecule has 0 aliphatic carbocycles. The summed E-state index contributed by atoms with van der Waals surface area (Å²) in [6.45, 7) is 1.27. The van der Waals surface area contributed by atoms with Crippen molar-refractivity contribution in [1.29, 1.82) is 0 Å². The smallest absolute Gasteiger partial charge is 0.147 e. The number of aliphatic hydroxyl groups excluding tert-OH is 1. The van der Waals surface area contributed by atoms with E-state index in [-0.39, 0.29) is 6.10 Å². The average molecular weight is 186 g/mol. The fourth-order valence-corrected chi connectivity index (χ4v) is 1.21. The molecule has 2 heterocycles. The number of rotatable bonds is 1. The number of aliphatic hydroxyl groups is 1. The van der Waals surface area contributed by atoms with Crippen LogP contribution in [0.25, 0.3) is 0 Å². The van der Waals surface area contributed by atoms with Crippen LogP contribution in [0.2, 0.25) is 5.15 Å². The number of β-amino-alcohol motifs (C(OH)–C–C–N with tert-alkyl or cyclic N) is 1. The van der Waals surface area contributed by atoms with Crippen LogP contribution in [0.3, 0.4) is 0 Å². The van der Waals surface area contributed by atoms with Gasteiger partial charge in [-0.2, -0.15) is 0 Å². The predicted octanol–water partition coefficient (Wildman–Crippen LogP) is 0.311. The maximum Gasteiger partial charge on any atom is 0.147 e. The molecule has 12 heavy (non-hydrogen) atoms. The quantitative estimate of drug-likeness (QED) is 0.684. The highest BCUT2D eigenvalue weighted by Gasteiger charge is 2.25. The summed E-state index contributed by atoms with van der Waals surface area (Å²) in [5.74, 6) is 0.768. The van der Waals surface area contributed by atoms with E-state index < -0.39 is 0 Å². The van der Waals surface area contributed by atoms with Gasteiger partial charge < -0.3 is 10.0 Å². The van der Waals surface area contributed by atoms with Crippen LogP contribution in [-0.4, -0.2) is 34.3 Å². The monoisotopic (exact) mass is 185 g/mol. The number of halogens is 1. The van der Waals surface area contributed by atoms with Crippen molar-refractivity contribution in [1.82, 2.24) is 9.97 Å². The van der Waals surface area contributed by atoms with Gasteiger partial charge >= 0.3 is 0 Å². The molecule has 2 rings (SSSR count). The van der Waals surface area contributed by atoms with E-state index in [2.05, 4.69) is 9.97 Å². The Morgan fingerprint density at radius 1 is 1.42 bits per heavy atom. The van der Waals surface area contributed by atoms with Crippen molar-refractivity contribution in [3.63, 3.8) is 0 Å². The molecule has 1 aromatic rings. The predicted molar refractivity (Wildman–Crippen MR) is 45.3 cm³/mol. The lowest BCUT2D eigenvalue weighted by atomic mass is 10.2. The normalized spacial score (nSPS) is 17.7. The van der Waals surface area contributed by atoms with Gasteiger partial charge in [0.05, 0.1) is 18.5 Å². The minimum Gasteiger partial charge on any atom is -0.389 e. The van der Waals surface area contributed by atoms with Gasteiger partial charge in [-0.25, -0.2) is 9.97 Å². The Morgan fingerprint density at radius 3 is 2.67 bits per heavy atom. The summed E-state index contributed by atoms with van der Waals surface area (Å²) in [4.78, 5) is 9.88. The molecule has 5 heteroatoms. The first-order valence-electron chi connectivity index (χ1n) is 3.66. The highest BCUT2D eigenvalue weighted by Crippen LogP contribution is 2.17. The van der Waals surface area contributed by atoms with Crippen LogP contribution in [0.1, 0.15) is 0 Å². The van der Waals surface area contributed by atoms with Crippen molar-refractivity contribution in [2.45, 2.75) is 6.10 Å². The van der Waals surface area contributed by atoms with Crippen LogP contribution in [-0.2, 0) is 0 Å². The van der Waals surface area contributed by atoms with Crippen LogP contribution < -0.4 is 4.90 Å². The van der Waals surface area contributed by atoms with Crippen molar-refractivity contribution in [3.05, 3.63) is 17.5 Å². The van der Waals surface area contributed by atoms with Gasteiger partial charge in [0.2, 0.25) is 0 Å². The first kappa shape index (κ1) is 7.76. The highest BCUT2D eigenvalue weighted by atomic mass is 35.5. The van der Waals surface area contributed by atoms with Gasteiger partial charge in [-0.1, -0.05) is 11.6 Å². The minimum absolute atomic E-state index is 0.220. The molecule has 1 saturated heterocycles. The lowest BCUT2D eigenvalue weighted by molar-refractivity contribution is 0.141. The summed E-state index contributed by atoms with van der Waals surface area (Å²) >= 11 is 5.56. The molecule has 0 unspecified atom stereocenters. The molecule has 0 saturated carbocycles. The van der Waals surface area contributed by atoms with Crippen molar-refractivity contribution >= 4 is 17.4 Å². The molecule has 0 bridgehead atoms. The number of nitrogens with zero attached hydrogens (tertiary/aromatic N) is 3. The van der Waals surface area contributed by atoms with Gasteiger partial charge in [0, 0.05) is 13.1 Å². The van der Waals surface area contributed by atoms with Gasteiger partial charge in [-0.05, 0) is 0 Å². The van der Waals surface area contributed by atoms with E-state index in [4.69, 9.17) is 16.7 Å². The van der Waals surface area contributed by atoms with Gasteiger partial charge in [0.25, 0.3) is 0 Å². The Labute approximate surface area is 74.8 Å². The third-order valence-electron chi connectivity index (χ3n) is 1.79. The van der Waals surface area contributed by atoms with Crippen molar-refractivity contribution in [2.24, 2.45) is 0 Å². The van der Waals surface area contributed by atoms with E-state index in [0.29, 0.717) is 18.2 Å². The standard InChI is InChI=1S/C7H8ClN3O/c8-6-1-10-7(2-9-6)11-3-5(12)4-11/h1-2,5,12H,3-4H2. The second-order valence-corrected chi connectivity index (χ2v) is 3.14. The third-order valence-corrected chi connectivity index (χ3v) is 1.99. The Bertz CT molecular complexity index is 270. The van der Waals surface area contributed by atoms with Crippen molar-refractivity contribution in [2.75, 3.05) is 18.0 Å². The summed E-state index contributed by atoms with van der Waals surface area (Å²) in [5.41, 5.74) is 0. The van der Waals surface area contributed by atoms with Gasteiger partial charge in [0.1, 0.15) is 11.0 Å². The zero-order chi connectivity index (χ0) is 8.55. The topological polar surface area (TPSA) is 49.2 Å². The fourth-order valence-electron chi connectivity index (χ4n) is 1.11. The summed E-state index contributed by atoms with van der Waals surface area (Å²) in [6, 6.07) is 0. The molecule has 1 aliphatic rings. The summed E-state index contributed by atoms with van der Waals surface area (Å²) < 4.78 is 0. The molecule has 64 valence electrons. The zero-order valence-corrected chi connectivity index (χ0v) is 7.07. The Hall–Kier alpha value is -0.870. The van der Waals surface area contributed by atoms with E-state index in [0.717, 1.165) is 5.82 Å². The van der Waals surface area contributed by atoms with Crippen LogP contribution in [0.5, 0.6) is 0 Å². The summed E-state index contributed by atoms with van der Waals surface area (Å²) in [6.07, 6.45) is 2.89. The molecule has 0 amide bonds.